The minimum absolute atomic E-state index is 0.589. The van der Waals surface area contributed by atoms with Gasteiger partial charge in [0.1, 0.15) is 0 Å². The fourth-order valence-corrected chi connectivity index (χ4v) is 5.58. The van der Waals surface area contributed by atoms with Crippen molar-refractivity contribution >= 4 is 17.8 Å². The molecule has 0 aromatic rings. The molecule has 3 atom stereocenters. The summed E-state index contributed by atoms with van der Waals surface area (Å²) in [5.74, 6) is 0. The smallest absolute Gasteiger partial charge is 0.00214 e. The van der Waals surface area contributed by atoms with Crippen LogP contribution in [0.2, 0.25) is 0 Å². The predicted molar refractivity (Wildman–Crippen MR) is 112 cm³/mol. The molecule has 0 N–H and O–H groups in total. The maximum Gasteiger partial charge on any atom is 0.00214 e. The Kier molecular flexibility index (Phi) is 17.4. The molecule has 0 heterocycles. The Morgan fingerprint density at radius 1 is 0.591 bits per heavy atom. The molecule has 134 valence electrons. The van der Waals surface area contributed by atoms with Crippen LogP contribution in [0.25, 0.3) is 0 Å². The zero-order valence-corrected chi connectivity index (χ0v) is 18.0. The van der Waals surface area contributed by atoms with Crippen molar-refractivity contribution in [3.8, 4) is 0 Å². The monoisotopic (exact) mass is 346 g/mol. The molecule has 2 heteroatoms. The lowest BCUT2D eigenvalue weighted by Gasteiger charge is -2.30. The number of unbranched alkanes of at least 4 members (excludes halogenated alkanes) is 10. The summed E-state index contributed by atoms with van der Waals surface area (Å²) in [7, 11) is 4.49. The Hall–Kier alpha value is 0.860. The van der Waals surface area contributed by atoms with E-state index in [1.165, 1.54) is 111 Å². The van der Waals surface area contributed by atoms with E-state index in [1.807, 2.05) is 0 Å². The molecular formula is C20H44P2. The summed E-state index contributed by atoms with van der Waals surface area (Å²) in [6, 6.07) is 0. The van der Waals surface area contributed by atoms with Gasteiger partial charge in [-0.2, -0.15) is 0 Å². The van der Waals surface area contributed by atoms with Gasteiger partial charge < -0.3 is 0 Å². The molecule has 0 aromatic carbocycles. The molecule has 0 radical (unpaired) electrons. The van der Waals surface area contributed by atoms with Crippen molar-refractivity contribution in [3.63, 3.8) is 0 Å². The van der Waals surface area contributed by atoms with Crippen molar-refractivity contribution in [2.24, 2.45) is 0 Å². The van der Waals surface area contributed by atoms with Crippen LogP contribution in [0.15, 0.2) is 0 Å². The van der Waals surface area contributed by atoms with Crippen LogP contribution in [0.3, 0.4) is 0 Å². The van der Waals surface area contributed by atoms with Crippen LogP contribution < -0.4 is 0 Å². The van der Waals surface area contributed by atoms with Crippen LogP contribution in [-0.4, -0.2) is 11.1 Å². The highest BCUT2D eigenvalue weighted by atomic mass is 31.1. The summed E-state index contributed by atoms with van der Waals surface area (Å²) in [5.41, 5.74) is 0. The van der Waals surface area contributed by atoms with Gasteiger partial charge in [0.2, 0.25) is 0 Å². The normalized spacial score (nSPS) is 14.7. The fraction of sp³-hybridized carbons (Fsp3) is 1.00. The van der Waals surface area contributed by atoms with E-state index in [9.17, 15) is 0 Å². The van der Waals surface area contributed by atoms with Crippen LogP contribution in [0.1, 0.15) is 117 Å². The first-order valence-corrected chi connectivity index (χ1v) is 12.0. The highest BCUT2D eigenvalue weighted by Gasteiger charge is 2.22. The summed E-state index contributed by atoms with van der Waals surface area (Å²) in [5, 5.41) is 0. The maximum atomic E-state index is 3.31. The van der Waals surface area contributed by atoms with Crippen molar-refractivity contribution in [3.05, 3.63) is 0 Å². The number of hydrogen-bond donors (Lipinski definition) is 0. The topological polar surface area (TPSA) is 0 Å². The molecule has 0 bridgehead atoms. The zero-order chi connectivity index (χ0) is 16.5. The second-order valence-corrected chi connectivity index (χ2v) is 10.7. The summed E-state index contributed by atoms with van der Waals surface area (Å²) in [6.07, 6.45) is 23.0. The minimum atomic E-state index is 0.589. The van der Waals surface area contributed by atoms with Crippen LogP contribution in [0.4, 0.5) is 0 Å². The average Bonchev–Trinajstić information content (AvgIpc) is 2.51. The molecule has 0 saturated carbocycles. The van der Waals surface area contributed by atoms with E-state index in [-0.39, 0.29) is 0 Å². The molecule has 0 saturated heterocycles. The van der Waals surface area contributed by atoms with Gasteiger partial charge in [0.15, 0.2) is 0 Å². The van der Waals surface area contributed by atoms with Gasteiger partial charge in [0.05, 0.1) is 0 Å². The lowest BCUT2D eigenvalue weighted by Crippen LogP contribution is -2.15. The van der Waals surface area contributed by atoms with Gasteiger partial charge in [-0.25, -0.2) is 0 Å². The van der Waals surface area contributed by atoms with Gasteiger partial charge >= 0.3 is 0 Å². The van der Waals surface area contributed by atoms with E-state index in [4.69, 9.17) is 0 Å². The standard InChI is InChI=1S/C20H44P2/c1-4-7-10-13-15-18-20(21,17-14-11-8-5-2)22-19-16-12-9-6-3/h22H,4-19,21H2,1-3H3. The fourth-order valence-electron chi connectivity index (χ4n) is 3.10. The first-order valence-electron chi connectivity index (χ1n) is 10.2. The lowest BCUT2D eigenvalue weighted by atomic mass is 10.0. The number of hydrogen-bond acceptors (Lipinski definition) is 0. The van der Waals surface area contributed by atoms with Crippen LogP contribution in [0.5, 0.6) is 0 Å². The lowest BCUT2D eigenvalue weighted by molar-refractivity contribution is 0.533. The molecule has 0 spiro atoms. The summed E-state index contributed by atoms with van der Waals surface area (Å²) < 4.78 is 0. The van der Waals surface area contributed by atoms with Gasteiger partial charge in [-0.1, -0.05) is 97.8 Å². The van der Waals surface area contributed by atoms with Crippen LogP contribution in [-0.2, 0) is 0 Å². The highest BCUT2D eigenvalue weighted by Crippen LogP contribution is 2.47. The first kappa shape index (κ1) is 22.9. The molecule has 0 aromatic heterocycles. The van der Waals surface area contributed by atoms with Crippen LogP contribution in [0, 0.1) is 0 Å². The van der Waals surface area contributed by atoms with E-state index in [1.54, 1.807) is 0 Å². The molecule has 0 aliphatic carbocycles. The molecule has 0 aliphatic heterocycles. The largest absolute Gasteiger partial charge is 0.127 e. The predicted octanol–water partition coefficient (Wildman–Crippen LogP) is 8.15. The minimum Gasteiger partial charge on any atom is -0.127 e. The van der Waals surface area contributed by atoms with E-state index in [2.05, 4.69) is 30.0 Å². The van der Waals surface area contributed by atoms with Gasteiger partial charge in [0.25, 0.3) is 0 Å². The molecule has 0 aliphatic rings. The van der Waals surface area contributed by atoms with Crippen molar-refractivity contribution in [2.75, 3.05) is 6.16 Å². The molecule has 0 nitrogen and oxygen atoms in total. The van der Waals surface area contributed by atoms with Crippen molar-refractivity contribution in [1.29, 1.82) is 0 Å². The molecule has 0 fully saturated rings. The van der Waals surface area contributed by atoms with Crippen molar-refractivity contribution in [1.82, 2.24) is 0 Å². The summed E-state index contributed by atoms with van der Waals surface area (Å²) in [6.45, 7) is 6.94. The molecule has 0 rings (SSSR count). The molecule has 3 unspecified atom stereocenters. The second kappa shape index (κ2) is 16.7. The average molecular weight is 347 g/mol. The second-order valence-electron chi connectivity index (χ2n) is 7.12. The van der Waals surface area contributed by atoms with Gasteiger partial charge in [-0.05, 0) is 25.4 Å². The van der Waals surface area contributed by atoms with Gasteiger partial charge in [0, 0.05) is 4.90 Å². The Balaban J connectivity index is 3.99. The third kappa shape index (κ3) is 14.5. The van der Waals surface area contributed by atoms with E-state index >= 15 is 0 Å². The Morgan fingerprint density at radius 3 is 1.50 bits per heavy atom. The summed E-state index contributed by atoms with van der Waals surface area (Å²) >= 11 is 0. The quantitative estimate of drug-likeness (QED) is 0.184. The van der Waals surface area contributed by atoms with Gasteiger partial charge in [-0.3, -0.25) is 0 Å². The van der Waals surface area contributed by atoms with Crippen molar-refractivity contribution < 1.29 is 0 Å². The first-order chi connectivity index (χ1) is 10.7. The van der Waals surface area contributed by atoms with Gasteiger partial charge in [-0.15, -0.1) is 17.8 Å². The Morgan fingerprint density at radius 2 is 1.00 bits per heavy atom. The third-order valence-electron chi connectivity index (χ3n) is 4.71. The summed E-state index contributed by atoms with van der Waals surface area (Å²) in [4.78, 5) is 0.589. The SMILES string of the molecule is CCCCCCCC(P)(CCCCCC)PCCCCCC. The molecule has 0 amide bonds. The van der Waals surface area contributed by atoms with E-state index in [0.717, 1.165) is 0 Å². The Bertz CT molecular complexity index is 202. The highest BCUT2D eigenvalue weighted by molar-refractivity contribution is 7.51. The van der Waals surface area contributed by atoms with Crippen LogP contribution >= 0.6 is 17.8 Å². The maximum absolute atomic E-state index is 3.31. The Labute approximate surface area is 146 Å². The molecule has 22 heavy (non-hydrogen) atoms. The third-order valence-corrected chi connectivity index (χ3v) is 7.71. The van der Waals surface area contributed by atoms with E-state index < -0.39 is 0 Å². The zero-order valence-electron chi connectivity index (χ0n) is 15.9. The van der Waals surface area contributed by atoms with E-state index in [0.29, 0.717) is 4.90 Å². The molecular weight excluding hydrogens is 302 g/mol. The number of rotatable bonds is 17. The van der Waals surface area contributed by atoms with Crippen molar-refractivity contribution in [2.45, 2.75) is 122 Å².